The number of rotatable bonds is 97. The highest BCUT2D eigenvalue weighted by molar-refractivity contribution is 5.97. The number of hydrogen-bond acceptors (Lipinski definition) is 26. The number of nitrogens with zero attached hydrogens (tertiary/aromatic N) is 6. The van der Waals surface area contributed by atoms with Crippen molar-refractivity contribution in [2.24, 2.45) is 5.41 Å². The number of benzene rings is 3. The molecule has 0 spiro atoms. The molecule has 3 amide bonds. The predicted molar refractivity (Wildman–Crippen MR) is 545 cm³/mol. The summed E-state index contributed by atoms with van der Waals surface area (Å²) in [4.78, 5) is 108. The van der Waals surface area contributed by atoms with Crippen molar-refractivity contribution < 1.29 is 118 Å². The van der Waals surface area contributed by atoms with Gasteiger partial charge in [-0.3, -0.25) is 43.3 Å². The lowest BCUT2D eigenvalue weighted by Gasteiger charge is -2.35. The highest BCUT2D eigenvalue weighted by Gasteiger charge is 2.37. The molecule has 0 radical (unpaired) electrons. The normalized spacial score (nSPS) is 11.9. The lowest BCUT2D eigenvalue weighted by atomic mass is 9.70. The van der Waals surface area contributed by atoms with Crippen molar-refractivity contribution in [1.29, 1.82) is 0 Å². The van der Waals surface area contributed by atoms with Gasteiger partial charge in [0.25, 0.3) is 17.7 Å². The summed E-state index contributed by atoms with van der Waals surface area (Å²) in [6.45, 7) is 49.3. The molecule has 4 aromatic rings. The Morgan fingerprint density at radius 3 is 0.893 bits per heavy atom. The largest absolute Gasteiger partial charge is 0.379 e. The van der Waals surface area contributed by atoms with Crippen LogP contribution in [-0.4, -0.2) is 359 Å². The summed E-state index contributed by atoms with van der Waals surface area (Å²) in [6, 6.07) is 17.1. The van der Waals surface area contributed by atoms with Crippen LogP contribution in [0, 0.1) is 47.0 Å². The molecule has 1 heterocycles. The molecule has 32 heteroatoms. The van der Waals surface area contributed by atoms with Gasteiger partial charge in [-0.15, -0.1) is 5.10 Å². The minimum absolute atomic E-state index is 0.0997. The van der Waals surface area contributed by atoms with E-state index in [0.29, 0.717) is 376 Å². The van der Waals surface area contributed by atoms with E-state index in [2.05, 4.69) is 72.7 Å². The fourth-order valence-electron chi connectivity index (χ4n) is 16.7. The molecule has 3 aromatic carbocycles. The molecule has 0 aliphatic heterocycles. The average Bonchev–Trinajstić information content (AvgIpc) is 0.884. The molecular weight excluding hydrogens is 1790 g/mol. The van der Waals surface area contributed by atoms with Crippen LogP contribution in [0.3, 0.4) is 0 Å². The molecule has 0 aliphatic rings. The van der Waals surface area contributed by atoms with E-state index in [9.17, 15) is 38.4 Å². The highest BCUT2D eigenvalue weighted by atomic mass is 16.6. The van der Waals surface area contributed by atoms with Crippen molar-refractivity contribution in [2.45, 2.75) is 237 Å². The van der Waals surface area contributed by atoms with E-state index < -0.39 is 5.41 Å². The lowest BCUT2D eigenvalue weighted by Crippen LogP contribution is -2.48. The van der Waals surface area contributed by atoms with Gasteiger partial charge in [-0.1, -0.05) is 41.6 Å². The first-order chi connectivity index (χ1) is 68.0. The number of aryl methyl sites for hydroxylation is 3. The zero-order valence-corrected chi connectivity index (χ0v) is 88.2. The van der Waals surface area contributed by atoms with Crippen molar-refractivity contribution in [2.75, 3.05) is 283 Å². The number of unbranched alkanes of at least 4 members (excludes halogenated alkanes) is 2. The molecule has 0 fully saturated rings. The first-order valence-corrected chi connectivity index (χ1v) is 52.6. The monoisotopic (exact) mass is 1970 g/mol. The minimum Gasteiger partial charge on any atom is -0.379 e. The molecule has 3 N–H and O–H groups in total. The Morgan fingerprint density at radius 1 is 0.314 bits per heavy atom. The van der Waals surface area contributed by atoms with E-state index in [-0.39, 0.29) is 53.1 Å². The van der Waals surface area contributed by atoms with E-state index in [4.69, 9.17) is 71.1 Å². The molecule has 0 atom stereocenters. The van der Waals surface area contributed by atoms with Crippen LogP contribution in [0.25, 0.3) is 0 Å². The predicted octanol–water partition coefficient (Wildman–Crippen LogP) is 13.6. The molecular formula is C108H183N9O23+2. The SMILES string of the molecule is CC[N+](CC)(CC)CCCCC(=O)CCOCCOCCOCCOCCCC(=O)CCN(CCC(=O)CCCOCCOCCOCCOCCC(=O)CCCC[N+](CC)(CC)CC)Cc1cn(CCOCCOCCOCCOCCOCCOCCOCCCC(=O)C(CCCNC(=O)c2cccc(C)c2C)(CCCNC(=O)c2cccc(C)c2C)CCCNC(=O)c2cccc(C)c2C)nn1. The molecule has 1 aromatic heterocycles. The molecule has 0 aliphatic carbocycles. The zero-order valence-electron chi connectivity index (χ0n) is 88.2. The first-order valence-electron chi connectivity index (χ1n) is 52.6. The standard InChI is InChI=1S/C108H181N9O23/c1-13-116(14-2,15-3)56-21-19-35-99(120)45-61-129-67-73-135-79-76-132-70-64-126-58-26-37-97(118)43-53-114(54-44-98(119)38-27-59-127-65-71-133-77-80-136-74-68-130-62-46-100(121)36-20-22-57-117(16-4,17-5)18-6)88-96-89-115(113-112-96)55-63-131-69-75-137-81-83-139-85-87-140-86-84-138-82-78-134-72-66-128-60-28-42-104(122)108(47-29-50-109-105(123)101-39-23-32-90(7)93(101)10,48-30-51-110-106(124)102-40-24-33-91(8)94(102)11)49-31-52-111-107(125)103-41-25-34-92(9)95(103)12/h23-25,32-34,39-41,89H,13-22,26-31,35-38,42-88H2,1-12H3,(H-2,109,110,111,123,124,125)/p+2. The third-order valence-corrected chi connectivity index (χ3v) is 26.7. The topological polar surface area (TPSA) is 345 Å². The summed E-state index contributed by atoms with van der Waals surface area (Å²) in [5, 5.41) is 18.1. The van der Waals surface area contributed by atoms with Crippen LogP contribution in [0.5, 0.6) is 0 Å². The van der Waals surface area contributed by atoms with Gasteiger partial charge >= 0.3 is 0 Å². The van der Waals surface area contributed by atoms with Crippen molar-refractivity contribution in [3.63, 3.8) is 0 Å². The van der Waals surface area contributed by atoms with Gasteiger partial charge in [0.15, 0.2) is 0 Å². The summed E-state index contributed by atoms with van der Waals surface area (Å²) >= 11 is 0. The molecule has 0 saturated heterocycles. The van der Waals surface area contributed by atoms with Crippen LogP contribution in [-0.2, 0) is 108 Å². The molecule has 32 nitrogen and oxygen atoms in total. The van der Waals surface area contributed by atoms with E-state index in [1.807, 2.05) is 102 Å². The Labute approximate surface area is 839 Å². The number of quaternary nitrogens is 2. The van der Waals surface area contributed by atoms with Gasteiger partial charge in [-0.2, -0.15) is 0 Å². The Bertz CT molecular complexity index is 3680. The zero-order chi connectivity index (χ0) is 102. The fraction of sp³-hybridized carbons (Fsp3) is 0.741. The van der Waals surface area contributed by atoms with E-state index in [1.54, 1.807) is 4.68 Å². The number of ether oxygens (including phenoxy) is 15. The quantitative estimate of drug-likeness (QED) is 0.0273. The Hall–Kier alpha value is -7.16. The number of carbonyl (C=O) groups excluding carboxylic acids is 8. The van der Waals surface area contributed by atoms with Gasteiger partial charge in [-0.05, 0) is 218 Å². The summed E-state index contributed by atoms with van der Waals surface area (Å²) in [5.41, 5.74) is 7.67. The molecule has 0 saturated carbocycles. The second-order valence-corrected chi connectivity index (χ2v) is 36.4. The number of carbonyl (C=O) groups is 8. The summed E-state index contributed by atoms with van der Waals surface area (Å²) in [6.07, 6.45) is 14.5. The molecule has 140 heavy (non-hydrogen) atoms. The van der Waals surface area contributed by atoms with Gasteiger partial charge in [0, 0.05) is 145 Å². The average molecular weight is 1980 g/mol. The number of hydrogen-bond donors (Lipinski definition) is 3. The Balaban J connectivity index is 1.07. The molecule has 4 rings (SSSR count). The van der Waals surface area contributed by atoms with Crippen LogP contribution in [0.4, 0.5) is 0 Å². The van der Waals surface area contributed by atoms with E-state index in [0.717, 1.165) is 120 Å². The maximum atomic E-state index is 14.8. The minimum atomic E-state index is -0.790. The number of amides is 3. The fourth-order valence-corrected chi connectivity index (χ4v) is 16.7. The van der Waals surface area contributed by atoms with Gasteiger partial charge in [0.05, 0.1) is 243 Å². The number of aromatic nitrogens is 3. The summed E-state index contributed by atoms with van der Waals surface area (Å²) < 4.78 is 89.6. The Morgan fingerprint density at radius 2 is 0.586 bits per heavy atom. The molecule has 0 unspecified atom stereocenters. The van der Waals surface area contributed by atoms with Gasteiger partial charge in [0.2, 0.25) is 0 Å². The van der Waals surface area contributed by atoms with Crippen molar-refractivity contribution >= 4 is 46.6 Å². The van der Waals surface area contributed by atoms with Crippen LogP contribution in [0.15, 0.2) is 60.8 Å². The Kier molecular flexibility index (Phi) is 71.6. The van der Waals surface area contributed by atoms with Crippen LogP contribution < -0.4 is 16.0 Å². The molecule has 796 valence electrons. The second kappa shape index (κ2) is 80.1. The smallest absolute Gasteiger partial charge is 0.251 e. The number of ketones is 5. The van der Waals surface area contributed by atoms with Crippen molar-refractivity contribution in [3.8, 4) is 0 Å². The van der Waals surface area contributed by atoms with Crippen LogP contribution >= 0.6 is 0 Å². The van der Waals surface area contributed by atoms with Crippen LogP contribution in [0.2, 0.25) is 0 Å². The van der Waals surface area contributed by atoms with Gasteiger partial charge in [-0.25, -0.2) is 4.68 Å². The van der Waals surface area contributed by atoms with Crippen LogP contribution in [0.1, 0.15) is 253 Å². The second-order valence-electron chi connectivity index (χ2n) is 36.4. The third-order valence-electron chi connectivity index (χ3n) is 26.7. The first kappa shape index (κ1) is 125. The highest BCUT2D eigenvalue weighted by Crippen LogP contribution is 2.38. The third kappa shape index (κ3) is 56.9. The summed E-state index contributed by atoms with van der Waals surface area (Å²) in [7, 11) is 0. The van der Waals surface area contributed by atoms with Crippen molar-refractivity contribution in [3.05, 3.63) is 117 Å². The van der Waals surface area contributed by atoms with E-state index >= 15 is 0 Å². The maximum Gasteiger partial charge on any atom is 0.251 e. The van der Waals surface area contributed by atoms with Gasteiger partial charge < -0.3 is 96.0 Å². The lowest BCUT2D eigenvalue weighted by molar-refractivity contribution is -0.923. The number of nitrogens with one attached hydrogen (secondary N) is 3. The maximum absolute atomic E-state index is 14.8. The number of Topliss-reactive ketones (excluding diaryl/α,β-unsaturated/α-hetero) is 5. The molecule has 0 bridgehead atoms. The van der Waals surface area contributed by atoms with Gasteiger partial charge in [0.1, 0.15) is 28.9 Å². The van der Waals surface area contributed by atoms with Crippen molar-refractivity contribution in [1.82, 2.24) is 35.8 Å². The van der Waals surface area contributed by atoms with E-state index in [1.165, 1.54) is 0 Å². The summed E-state index contributed by atoms with van der Waals surface area (Å²) in [5.74, 6) is 0.354.